The molecule has 0 N–H and O–H groups in total. The molecule has 0 spiro atoms. The smallest absolute Gasteiger partial charge is 0.306 e. The van der Waals surface area contributed by atoms with Crippen molar-refractivity contribution in [2.24, 2.45) is 40.4 Å². The van der Waals surface area contributed by atoms with Crippen molar-refractivity contribution in [1.29, 1.82) is 0 Å². The molecule has 4 saturated carbocycles. The predicted molar refractivity (Wildman–Crippen MR) is 107 cm³/mol. The van der Waals surface area contributed by atoms with Crippen molar-refractivity contribution in [1.82, 2.24) is 0 Å². The highest BCUT2D eigenvalue weighted by Gasteiger charge is 2.65. The second kappa shape index (κ2) is 5.91. The molecule has 5 aliphatic rings. The summed E-state index contributed by atoms with van der Waals surface area (Å²) in [5.74, 6) is 3.97. The highest BCUT2D eigenvalue weighted by molar-refractivity contribution is 7.81. The largest absolute Gasteiger partial charge is 0.465 e. The molecule has 5 rings (SSSR count). The van der Waals surface area contributed by atoms with E-state index in [2.05, 4.69) is 13.8 Å². The molecule has 0 amide bonds. The van der Waals surface area contributed by atoms with Crippen LogP contribution in [0.25, 0.3) is 0 Å². The van der Waals surface area contributed by atoms with Gasteiger partial charge >= 0.3 is 5.97 Å². The van der Waals surface area contributed by atoms with Crippen LogP contribution in [-0.2, 0) is 9.53 Å². The van der Waals surface area contributed by atoms with Crippen molar-refractivity contribution in [3.05, 3.63) is 0 Å². The first-order valence-electron chi connectivity index (χ1n) is 11.3. The first-order chi connectivity index (χ1) is 12.4. The molecule has 1 aliphatic heterocycles. The van der Waals surface area contributed by atoms with E-state index < -0.39 is 0 Å². The van der Waals surface area contributed by atoms with Crippen LogP contribution in [0.2, 0.25) is 0 Å². The Morgan fingerprint density at radius 2 is 1.73 bits per heavy atom. The Morgan fingerprint density at radius 1 is 0.923 bits per heavy atom. The molecule has 3 heteroatoms. The Labute approximate surface area is 164 Å². The molecule has 146 valence electrons. The summed E-state index contributed by atoms with van der Waals surface area (Å²) in [4.78, 5) is 11.8. The number of thiol groups is 1. The molecule has 3 unspecified atom stereocenters. The zero-order chi connectivity index (χ0) is 18.2. The molecule has 2 nitrogen and oxygen atoms in total. The van der Waals surface area contributed by atoms with E-state index in [9.17, 15) is 4.79 Å². The third kappa shape index (κ3) is 2.22. The second-order valence-corrected chi connectivity index (χ2v) is 11.7. The first kappa shape index (κ1) is 17.9. The van der Waals surface area contributed by atoms with Crippen LogP contribution in [0.1, 0.15) is 84.5 Å². The molecule has 4 aliphatic carbocycles. The van der Waals surface area contributed by atoms with Crippen molar-refractivity contribution in [2.75, 3.05) is 6.61 Å². The van der Waals surface area contributed by atoms with Crippen molar-refractivity contribution in [2.45, 2.75) is 89.2 Å². The molecule has 8 atom stereocenters. The van der Waals surface area contributed by atoms with Gasteiger partial charge in [0.2, 0.25) is 0 Å². The molecular weight excluding hydrogens is 340 g/mol. The lowest BCUT2D eigenvalue weighted by Gasteiger charge is -2.62. The molecule has 5 fully saturated rings. The highest BCUT2D eigenvalue weighted by Crippen LogP contribution is 2.71. The van der Waals surface area contributed by atoms with Gasteiger partial charge in [-0.05, 0) is 85.9 Å². The minimum atomic E-state index is -0.000878. The lowest BCUT2D eigenvalue weighted by atomic mass is 9.44. The minimum Gasteiger partial charge on any atom is -0.465 e. The van der Waals surface area contributed by atoms with Gasteiger partial charge in [-0.1, -0.05) is 26.7 Å². The molecule has 0 aromatic carbocycles. The zero-order valence-electron chi connectivity index (χ0n) is 16.6. The van der Waals surface area contributed by atoms with Gasteiger partial charge in [-0.25, -0.2) is 0 Å². The second-order valence-electron chi connectivity index (χ2n) is 10.9. The van der Waals surface area contributed by atoms with Gasteiger partial charge in [-0.2, -0.15) is 12.6 Å². The zero-order valence-corrected chi connectivity index (χ0v) is 17.5. The lowest BCUT2D eigenvalue weighted by molar-refractivity contribution is -0.137. The highest BCUT2D eigenvalue weighted by atomic mass is 32.1. The first-order valence-corrected chi connectivity index (χ1v) is 11.7. The van der Waals surface area contributed by atoms with Gasteiger partial charge in [0.25, 0.3) is 0 Å². The van der Waals surface area contributed by atoms with Gasteiger partial charge in [0.1, 0.15) is 0 Å². The topological polar surface area (TPSA) is 26.3 Å². The number of rotatable bonds is 1. The molecular formula is C23H36O2S. The van der Waals surface area contributed by atoms with Crippen LogP contribution in [0.5, 0.6) is 0 Å². The number of hydrogen-bond acceptors (Lipinski definition) is 3. The van der Waals surface area contributed by atoms with E-state index in [1.165, 1.54) is 64.2 Å². The van der Waals surface area contributed by atoms with E-state index >= 15 is 0 Å². The minimum absolute atomic E-state index is 0.000569. The summed E-state index contributed by atoms with van der Waals surface area (Å²) >= 11 is 5.36. The number of fused-ring (bicyclic) bond motifs is 5. The van der Waals surface area contributed by atoms with Gasteiger partial charge < -0.3 is 4.74 Å². The van der Waals surface area contributed by atoms with E-state index in [4.69, 9.17) is 17.4 Å². The number of esters is 1. The van der Waals surface area contributed by atoms with Gasteiger partial charge in [0, 0.05) is 10.7 Å². The van der Waals surface area contributed by atoms with Crippen molar-refractivity contribution in [3.8, 4) is 0 Å². The van der Waals surface area contributed by atoms with Crippen molar-refractivity contribution in [3.63, 3.8) is 0 Å². The fourth-order valence-corrected chi connectivity index (χ4v) is 9.41. The average Bonchev–Trinajstić information content (AvgIpc) is 3.17. The number of hydrogen-bond donors (Lipinski definition) is 1. The van der Waals surface area contributed by atoms with Gasteiger partial charge in [-0.15, -0.1) is 0 Å². The summed E-state index contributed by atoms with van der Waals surface area (Å²) in [6, 6.07) is 0. The summed E-state index contributed by atoms with van der Waals surface area (Å²) in [7, 11) is 0. The number of carbonyl (C=O) groups excluding carboxylic acids is 1. The van der Waals surface area contributed by atoms with Crippen LogP contribution < -0.4 is 0 Å². The Kier molecular flexibility index (Phi) is 4.07. The predicted octanol–water partition coefficient (Wildman–Crippen LogP) is 5.65. The van der Waals surface area contributed by atoms with Crippen LogP contribution >= 0.6 is 12.6 Å². The summed E-state index contributed by atoms with van der Waals surface area (Å²) in [6.07, 6.45) is 14.6. The maximum Gasteiger partial charge on any atom is 0.306 e. The summed E-state index contributed by atoms with van der Waals surface area (Å²) in [5, 5.41) is 0. The van der Waals surface area contributed by atoms with E-state index in [-0.39, 0.29) is 16.1 Å². The fourth-order valence-electron chi connectivity index (χ4n) is 8.84. The fraction of sp³-hybridized carbons (Fsp3) is 0.957. The van der Waals surface area contributed by atoms with E-state index in [0.29, 0.717) is 24.4 Å². The van der Waals surface area contributed by atoms with E-state index in [1.807, 2.05) is 0 Å². The van der Waals surface area contributed by atoms with Crippen LogP contribution in [0.4, 0.5) is 0 Å². The van der Waals surface area contributed by atoms with Crippen LogP contribution in [-0.4, -0.2) is 17.3 Å². The normalized spacial score (nSPS) is 56.4. The Bertz CT molecular complexity index is 605. The maximum absolute atomic E-state index is 11.8. The lowest BCUT2D eigenvalue weighted by Crippen LogP contribution is -2.56. The Balaban J connectivity index is 1.44. The van der Waals surface area contributed by atoms with Crippen LogP contribution in [0.3, 0.4) is 0 Å². The van der Waals surface area contributed by atoms with Crippen molar-refractivity contribution < 1.29 is 9.53 Å². The third-order valence-corrected chi connectivity index (χ3v) is 11.4. The molecule has 0 aromatic rings. The van der Waals surface area contributed by atoms with Gasteiger partial charge in [0.05, 0.1) is 13.0 Å². The molecule has 0 aromatic heterocycles. The van der Waals surface area contributed by atoms with E-state index in [0.717, 1.165) is 23.7 Å². The van der Waals surface area contributed by atoms with E-state index in [1.54, 1.807) is 0 Å². The number of cyclic esters (lactones) is 1. The number of ether oxygens (including phenoxy) is 1. The number of carbonyl (C=O) groups is 1. The van der Waals surface area contributed by atoms with Crippen LogP contribution in [0, 0.1) is 40.4 Å². The molecule has 1 saturated heterocycles. The van der Waals surface area contributed by atoms with Gasteiger partial charge in [0.15, 0.2) is 0 Å². The average molecular weight is 377 g/mol. The quantitative estimate of drug-likeness (QED) is 0.473. The Hall–Kier alpha value is -0.180. The van der Waals surface area contributed by atoms with Crippen molar-refractivity contribution >= 4 is 18.6 Å². The molecule has 0 bridgehead atoms. The molecule has 1 heterocycles. The molecule has 0 radical (unpaired) electrons. The van der Waals surface area contributed by atoms with Crippen LogP contribution in [0.15, 0.2) is 0 Å². The SMILES string of the molecule is C[C@]12CCCCC1CC[C@@H]1[C@H]2CC[C@@]2(C)[C@H]1CCC2(S)C1COC(=O)C1. The maximum atomic E-state index is 11.8. The Morgan fingerprint density at radius 3 is 2.50 bits per heavy atom. The summed E-state index contributed by atoms with van der Waals surface area (Å²) in [6.45, 7) is 5.80. The monoisotopic (exact) mass is 376 g/mol. The summed E-state index contributed by atoms with van der Waals surface area (Å²) in [5.41, 5.74) is 0.893. The third-order valence-electron chi connectivity index (χ3n) is 10.3. The van der Waals surface area contributed by atoms with Gasteiger partial charge in [-0.3, -0.25) is 4.79 Å². The standard InChI is InChI=1S/C23H36O2S/c1-21-10-4-3-5-15(21)6-7-17-18(21)8-11-22(2)19(17)9-12-23(22,26)16-13-20(24)25-14-16/h15-19,26H,3-14H2,1-2H3/t15?,16?,17-,18-,19+,21+,22+,23?/m1/s1. The molecule has 26 heavy (non-hydrogen) atoms. The summed E-state index contributed by atoms with van der Waals surface area (Å²) < 4.78 is 5.37.